The zero-order valence-electron chi connectivity index (χ0n) is 6.73. The standard InChI is InChI=1S/C7H16O4/c1-6(9)5-7(10)11-4-2-3-8/h6-10H,2-5H2,1H3. The molecule has 0 aromatic carbocycles. The van der Waals surface area contributed by atoms with E-state index in [0.29, 0.717) is 13.0 Å². The van der Waals surface area contributed by atoms with Gasteiger partial charge in [0, 0.05) is 13.0 Å². The minimum Gasteiger partial charge on any atom is -0.396 e. The summed E-state index contributed by atoms with van der Waals surface area (Å²) in [4.78, 5) is 0. The molecule has 0 aromatic heterocycles. The van der Waals surface area contributed by atoms with E-state index in [1.54, 1.807) is 6.92 Å². The summed E-state index contributed by atoms with van der Waals surface area (Å²) in [6.45, 7) is 1.96. The second-order valence-corrected chi connectivity index (χ2v) is 2.49. The highest BCUT2D eigenvalue weighted by molar-refractivity contribution is 4.49. The zero-order chi connectivity index (χ0) is 8.69. The van der Waals surface area contributed by atoms with Gasteiger partial charge >= 0.3 is 0 Å². The van der Waals surface area contributed by atoms with Crippen molar-refractivity contribution in [2.24, 2.45) is 0 Å². The fourth-order valence-corrected chi connectivity index (χ4v) is 0.644. The molecule has 0 aliphatic rings. The van der Waals surface area contributed by atoms with E-state index in [0.717, 1.165) is 0 Å². The van der Waals surface area contributed by atoms with Gasteiger partial charge in [0.15, 0.2) is 6.29 Å². The van der Waals surface area contributed by atoms with Crippen LogP contribution in [0.5, 0.6) is 0 Å². The molecule has 0 aliphatic carbocycles. The Kier molecular flexibility index (Phi) is 6.45. The van der Waals surface area contributed by atoms with Crippen LogP contribution in [0.15, 0.2) is 0 Å². The molecule has 0 saturated heterocycles. The van der Waals surface area contributed by atoms with E-state index in [4.69, 9.17) is 20.1 Å². The lowest BCUT2D eigenvalue weighted by Crippen LogP contribution is -2.19. The van der Waals surface area contributed by atoms with E-state index in [9.17, 15) is 0 Å². The fraction of sp³-hybridized carbons (Fsp3) is 1.00. The number of rotatable bonds is 6. The van der Waals surface area contributed by atoms with Crippen LogP contribution in [0.3, 0.4) is 0 Å². The summed E-state index contributed by atoms with van der Waals surface area (Å²) in [6.07, 6.45) is -0.747. The van der Waals surface area contributed by atoms with Gasteiger partial charge < -0.3 is 20.1 Å². The van der Waals surface area contributed by atoms with Crippen LogP contribution in [-0.4, -0.2) is 40.9 Å². The average Bonchev–Trinajstić information content (AvgIpc) is 1.86. The fourth-order valence-electron chi connectivity index (χ4n) is 0.644. The molecule has 0 radical (unpaired) electrons. The zero-order valence-corrected chi connectivity index (χ0v) is 6.73. The van der Waals surface area contributed by atoms with Crippen molar-refractivity contribution in [3.05, 3.63) is 0 Å². The molecular formula is C7H16O4. The molecule has 4 nitrogen and oxygen atoms in total. The molecule has 0 aliphatic heterocycles. The maximum atomic E-state index is 8.98. The summed E-state index contributed by atoms with van der Waals surface area (Å²) in [6, 6.07) is 0. The van der Waals surface area contributed by atoms with Gasteiger partial charge in [0.2, 0.25) is 0 Å². The normalized spacial score (nSPS) is 16.4. The Hall–Kier alpha value is -0.160. The SMILES string of the molecule is CC(O)CC(O)OCCCO. The topological polar surface area (TPSA) is 69.9 Å². The van der Waals surface area contributed by atoms with Gasteiger partial charge in [-0.3, -0.25) is 0 Å². The van der Waals surface area contributed by atoms with E-state index in [1.165, 1.54) is 0 Å². The van der Waals surface area contributed by atoms with Gasteiger partial charge in [0.05, 0.1) is 12.7 Å². The second-order valence-electron chi connectivity index (χ2n) is 2.49. The van der Waals surface area contributed by atoms with Crippen molar-refractivity contribution < 1.29 is 20.1 Å². The van der Waals surface area contributed by atoms with Crippen LogP contribution < -0.4 is 0 Å². The Balaban J connectivity index is 3.15. The van der Waals surface area contributed by atoms with Gasteiger partial charge in [-0.2, -0.15) is 0 Å². The Labute approximate surface area is 66.4 Å². The van der Waals surface area contributed by atoms with Crippen LogP contribution in [0.1, 0.15) is 19.8 Å². The monoisotopic (exact) mass is 164 g/mol. The molecule has 11 heavy (non-hydrogen) atoms. The highest BCUT2D eigenvalue weighted by Crippen LogP contribution is 1.99. The number of hydrogen-bond donors (Lipinski definition) is 3. The summed E-state index contributed by atoms with van der Waals surface area (Å²) in [7, 11) is 0. The highest BCUT2D eigenvalue weighted by atomic mass is 16.6. The first-order valence-corrected chi connectivity index (χ1v) is 3.75. The third-order valence-corrected chi connectivity index (χ3v) is 1.16. The van der Waals surface area contributed by atoms with Crippen molar-refractivity contribution in [3.63, 3.8) is 0 Å². The number of ether oxygens (including phenoxy) is 1. The number of aliphatic hydroxyl groups excluding tert-OH is 3. The first-order chi connectivity index (χ1) is 5.16. The smallest absolute Gasteiger partial charge is 0.156 e. The maximum Gasteiger partial charge on any atom is 0.156 e. The van der Waals surface area contributed by atoms with Crippen LogP contribution >= 0.6 is 0 Å². The first-order valence-electron chi connectivity index (χ1n) is 3.75. The highest BCUT2D eigenvalue weighted by Gasteiger charge is 2.06. The summed E-state index contributed by atoms with van der Waals surface area (Å²) >= 11 is 0. The molecule has 0 heterocycles. The Morgan fingerprint density at radius 1 is 1.36 bits per heavy atom. The van der Waals surface area contributed by atoms with Crippen molar-refractivity contribution in [2.45, 2.75) is 32.2 Å². The molecule has 2 unspecified atom stereocenters. The van der Waals surface area contributed by atoms with Gasteiger partial charge in [-0.25, -0.2) is 0 Å². The molecular weight excluding hydrogens is 148 g/mol. The van der Waals surface area contributed by atoms with Gasteiger partial charge in [-0.1, -0.05) is 0 Å². The lowest BCUT2D eigenvalue weighted by atomic mass is 10.3. The van der Waals surface area contributed by atoms with Crippen LogP contribution in [0, 0.1) is 0 Å². The molecule has 68 valence electrons. The average molecular weight is 164 g/mol. The maximum absolute atomic E-state index is 8.98. The molecule has 3 N–H and O–H groups in total. The van der Waals surface area contributed by atoms with Crippen molar-refractivity contribution in [1.82, 2.24) is 0 Å². The van der Waals surface area contributed by atoms with E-state index in [1.807, 2.05) is 0 Å². The Bertz CT molecular complexity index is 84.5. The van der Waals surface area contributed by atoms with E-state index in [-0.39, 0.29) is 13.0 Å². The largest absolute Gasteiger partial charge is 0.396 e. The second kappa shape index (κ2) is 6.54. The molecule has 4 heteroatoms. The Morgan fingerprint density at radius 2 is 2.00 bits per heavy atom. The molecule has 0 fully saturated rings. The molecule has 0 aromatic rings. The minimum atomic E-state index is -0.915. The summed E-state index contributed by atoms with van der Waals surface area (Å²) < 4.78 is 4.83. The van der Waals surface area contributed by atoms with Crippen molar-refractivity contribution in [1.29, 1.82) is 0 Å². The molecule has 0 spiro atoms. The molecule has 0 rings (SSSR count). The quantitative estimate of drug-likeness (QED) is 0.365. The van der Waals surface area contributed by atoms with Gasteiger partial charge in [0.25, 0.3) is 0 Å². The third kappa shape index (κ3) is 7.74. The van der Waals surface area contributed by atoms with Crippen LogP contribution in [-0.2, 0) is 4.74 Å². The third-order valence-electron chi connectivity index (χ3n) is 1.16. The van der Waals surface area contributed by atoms with E-state index in [2.05, 4.69) is 0 Å². The van der Waals surface area contributed by atoms with Crippen LogP contribution in [0.2, 0.25) is 0 Å². The van der Waals surface area contributed by atoms with Crippen molar-refractivity contribution in [3.8, 4) is 0 Å². The van der Waals surface area contributed by atoms with E-state index < -0.39 is 12.4 Å². The Morgan fingerprint density at radius 3 is 2.45 bits per heavy atom. The van der Waals surface area contributed by atoms with E-state index >= 15 is 0 Å². The van der Waals surface area contributed by atoms with Crippen molar-refractivity contribution in [2.75, 3.05) is 13.2 Å². The van der Waals surface area contributed by atoms with Crippen molar-refractivity contribution >= 4 is 0 Å². The summed E-state index contributed by atoms with van der Waals surface area (Å²) in [5.74, 6) is 0. The lowest BCUT2D eigenvalue weighted by molar-refractivity contribution is -0.119. The molecule has 0 saturated carbocycles. The predicted molar refractivity (Wildman–Crippen MR) is 40.0 cm³/mol. The number of aliphatic hydroxyl groups is 3. The molecule has 0 amide bonds. The summed E-state index contributed by atoms with van der Waals surface area (Å²) in [5.41, 5.74) is 0. The van der Waals surface area contributed by atoms with Crippen LogP contribution in [0.4, 0.5) is 0 Å². The van der Waals surface area contributed by atoms with Gasteiger partial charge in [-0.15, -0.1) is 0 Å². The molecule has 2 atom stereocenters. The molecule has 0 bridgehead atoms. The number of hydrogen-bond acceptors (Lipinski definition) is 4. The van der Waals surface area contributed by atoms with Gasteiger partial charge in [-0.05, 0) is 13.3 Å². The minimum absolute atomic E-state index is 0.0569. The predicted octanol–water partition coefficient (Wildman–Crippen LogP) is -0.525. The lowest BCUT2D eigenvalue weighted by Gasteiger charge is -2.12. The summed E-state index contributed by atoms with van der Waals surface area (Å²) in [5, 5.41) is 26.1. The first kappa shape index (κ1) is 10.8. The van der Waals surface area contributed by atoms with Crippen LogP contribution in [0.25, 0.3) is 0 Å². The van der Waals surface area contributed by atoms with Gasteiger partial charge in [0.1, 0.15) is 0 Å².